The van der Waals surface area contributed by atoms with Crippen LogP contribution in [0.5, 0.6) is 0 Å². The minimum absolute atomic E-state index is 0.150. The second-order valence-electron chi connectivity index (χ2n) is 3.29. The summed E-state index contributed by atoms with van der Waals surface area (Å²) < 4.78 is 11.8. The fourth-order valence-electron chi connectivity index (χ4n) is 1.29. The average Bonchev–Trinajstić information content (AvgIpc) is 2.77. The summed E-state index contributed by atoms with van der Waals surface area (Å²) in [7, 11) is 0. The Morgan fingerprint density at radius 2 is 1.94 bits per heavy atom. The Kier molecular flexibility index (Phi) is 4.13. The van der Waals surface area contributed by atoms with Gasteiger partial charge in [0.05, 0.1) is 6.61 Å². The van der Waals surface area contributed by atoms with Crippen molar-refractivity contribution in [3.8, 4) is 11.5 Å². The molecule has 18 heavy (non-hydrogen) atoms. The lowest BCUT2D eigenvalue weighted by molar-refractivity contribution is 0.0481. The summed E-state index contributed by atoms with van der Waals surface area (Å²) in [5.41, 5.74) is 0.708. The van der Waals surface area contributed by atoms with Gasteiger partial charge in [-0.3, -0.25) is 0 Å². The van der Waals surface area contributed by atoms with Gasteiger partial charge in [0.15, 0.2) is 0 Å². The molecule has 0 amide bonds. The van der Waals surface area contributed by atoms with Crippen LogP contribution in [0.1, 0.15) is 17.6 Å². The van der Waals surface area contributed by atoms with E-state index in [1.807, 2.05) is 18.2 Å². The van der Waals surface area contributed by atoms with E-state index in [0.717, 1.165) is 8.95 Å². The predicted molar refractivity (Wildman–Crippen MR) is 71.1 cm³/mol. The third-order valence-electron chi connectivity index (χ3n) is 1.98. The van der Waals surface area contributed by atoms with Gasteiger partial charge in [-0.15, -0.1) is 10.2 Å². The highest BCUT2D eigenvalue weighted by Crippen LogP contribution is 2.26. The fourth-order valence-corrected chi connectivity index (χ4v) is 2.59. The van der Waals surface area contributed by atoms with E-state index in [1.54, 1.807) is 6.92 Å². The van der Waals surface area contributed by atoms with Crippen molar-refractivity contribution >= 4 is 37.8 Å². The molecule has 1 aromatic carbocycles. The summed E-state index contributed by atoms with van der Waals surface area (Å²) in [6, 6.07) is 5.51. The summed E-state index contributed by atoms with van der Waals surface area (Å²) in [4.78, 5) is 11.4. The molecule has 0 bridgehead atoms. The van der Waals surface area contributed by atoms with Crippen LogP contribution in [0.4, 0.5) is 0 Å². The monoisotopic (exact) mass is 374 g/mol. The van der Waals surface area contributed by atoms with Gasteiger partial charge < -0.3 is 9.15 Å². The van der Waals surface area contributed by atoms with Crippen LogP contribution in [-0.4, -0.2) is 22.8 Å². The highest BCUT2D eigenvalue weighted by Gasteiger charge is 2.17. The van der Waals surface area contributed by atoms with Gasteiger partial charge in [-0.2, -0.15) is 0 Å². The molecule has 0 unspecified atom stereocenters. The van der Waals surface area contributed by atoms with Gasteiger partial charge in [-0.1, -0.05) is 31.9 Å². The molecule has 2 rings (SSSR count). The van der Waals surface area contributed by atoms with Crippen molar-refractivity contribution in [1.82, 2.24) is 10.2 Å². The number of aromatic nitrogens is 2. The fraction of sp³-hybridized carbons (Fsp3) is 0.182. The number of carbonyl (C=O) groups excluding carboxylic acids is 1. The molecule has 1 heterocycles. The number of carbonyl (C=O) groups is 1. The quantitative estimate of drug-likeness (QED) is 0.769. The maximum Gasteiger partial charge on any atom is 0.396 e. The molecule has 0 fully saturated rings. The maximum absolute atomic E-state index is 11.4. The molecule has 0 aliphatic rings. The maximum atomic E-state index is 11.4. The van der Waals surface area contributed by atoms with Crippen molar-refractivity contribution in [2.45, 2.75) is 6.92 Å². The summed E-state index contributed by atoms with van der Waals surface area (Å²) >= 11 is 6.72. The SMILES string of the molecule is CCOC(=O)c1nnc(-c2cc(Br)cc(Br)c2)o1. The second-order valence-corrected chi connectivity index (χ2v) is 5.12. The smallest absolute Gasteiger partial charge is 0.396 e. The Hall–Kier alpha value is -1.21. The Morgan fingerprint density at radius 1 is 1.28 bits per heavy atom. The standard InChI is InChI=1S/C11H8Br2N2O3/c1-2-17-11(16)10-15-14-9(18-10)6-3-7(12)5-8(13)4-6/h3-5H,2H2,1H3. The van der Waals surface area contributed by atoms with Crippen LogP contribution in [0, 0.1) is 0 Å². The lowest BCUT2D eigenvalue weighted by atomic mass is 10.2. The number of rotatable bonds is 3. The van der Waals surface area contributed by atoms with Crippen molar-refractivity contribution < 1.29 is 13.9 Å². The Bertz CT molecular complexity index is 563. The summed E-state index contributed by atoms with van der Waals surface area (Å²) in [5, 5.41) is 7.46. The lowest BCUT2D eigenvalue weighted by Crippen LogP contribution is -2.04. The largest absolute Gasteiger partial charge is 0.459 e. The van der Waals surface area contributed by atoms with Crippen LogP contribution in [0.2, 0.25) is 0 Å². The zero-order valence-corrected chi connectivity index (χ0v) is 12.5. The van der Waals surface area contributed by atoms with Crippen LogP contribution in [0.3, 0.4) is 0 Å². The van der Waals surface area contributed by atoms with E-state index in [0.29, 0.717) is 5.56 Å². The number of esters is 1. The van der Waals surface area contributed by atoms with E-state index in [9.17, 15) is 4.79 Å². The number of ether oxygens (including phenoxy) is 1. The molecule has 94 valence electrons. The number of hydrogen-bond donors (Lipinski definition) is 0. The van der Waals surface area contributed by atoms with Crippen molar-refractivity contribution in [2.75, 3.05) is 6.61 Å². The first-order chi connectivity index (χ1) is 8.60. The van der Waals surface area contributed by atoms with Gasteiger partial charge in [-0.05, 0) is 25.1 Å². The zero-order valence-electron chi connectivity index (χ0n) is 9.31. The Balaban J connectivity index is 2.32. The number of hydrogen-bond acceptors (Lipinski definition) is 5. The highest BCUT2D eigenvalue weighted by atomic mass is 79.9. The topological polar surface area (TPSA) is 65.2 Å². The molecule has 0 saturated carbocycles. The number of nitrogens with zero attached hydrogens (tertiary/aromatic N) is 2. The van der Waals surface area contributed by atoms with Crippen LogP contribution in [0.25, 0.3) is 11.5 Å². The highest BCUT2D eigenvalue weighted by molar-refractivity contribution is 9.11. The number of halogens is 2. The summed E-state index contributed by atoms with van der Waals surface area (Å²) in [5.74, 6) is -0.506. The molecule has 7 heteroatoms. The van der Waals surface area contributed by atoms with E-state index < -0.39 is 5.97 Å². The Labute approximate surface area is 120 Å². The minimum atomic E-state index is -0.620. The first-order valence-corrected chi connectivity index (χ1v) is 6.66. The van der Waals surface area contributed by atoms with E-state index in [1.165, 1.54) is 0 Å². The van der Waals surface area contributed by atoms with Crippen molar-refractivity contribution in [3.05, 3.63) is 33.0 Å². The van der Waals surface area contributed by atoms with Crippen molar-refractivity contribution in [3.63, 3.8) is 0 Å². The predicted octanol–water partition coefficient (Wildman–Crippen LogP) is 3.44. The average molecular weight is 376 g/mol. The third-order valence-corrected chi connectivity index (χ3v) is 2.90. The second kappa shape index (κ2) is 5.62. The molecule has 0 aliphatic carbocycles. The van der Waals surface area contributed by atoms with Gasteiger partial charge in [-0.25, -0.2) is 4.79 Å². The van der Waals surface area contributed by atoms with Crippen LogP contribution in [-0.2, 0) is 4.74 Å². The Morgan fingerprint density at radius 3 is 2.56 bits per heavy atom. The number of benzene rings is 1. The van der Waals surface area contributed by atoms with E-state index in [2.05, 4.69) is 42.1 Å². The van der Waals surface area contributed by atoms with Crippen LogP contribution >= 0.6 is 31.9 Å². The molecule has 0 aliphatic heterocycles. The van der Waals surface area contributed by atoms with E-state index >= 15 is 0 Å². The minimum Gasteiger partial charge on any atom is -0.459 e. The third kappa shape index (κ3) is 2.97. The molecule has 0 atom stereocenters. The molecule has 1 aromatic heterocycles. The van der Waals surface area contributed by atoms with Crippen molar-refractivity contribution in [1.29, 1.82) is 0 Å². The van der Waals surface area contributed by atoms with Crippen LogP contribution in [0.15, 0.2) is 31.6 Å². The van der Waals surface area contributed by atoms with Gasteiger partial charge >= 0.3 is 11.9 Å². The molecule has 0 saturated heterocycles. The normalized spacial score (nSPS) is 10.4. The lowest BCUT2D eigenvalue weighted by Gasteiger charge is -1.98. The molecular formula is C11H8Br2N2O3. The molecule has 0 N–H and O–H groups in total. The van der Waals surface area contributed by atoms with E-state index in [4.69, 9.17) is 9.15 Å². The van der Waals surface area contributed by atoms with Crippen molar-refractivity contribution in [2.24, 2.45) is 0 Å². The van der Waals surface area contributed by atoms with Gasteiger partial charge in [0.1, 0.15) is 0 Å². The molecule has 5 nitrogen and oxygen atoms in total. The van der Waals surface area contributed by atoms with Gasteiger partial charge in [0, 0.05) is 14.5 Å². The zero-order chi connectivity index (χ0) is 13.1. The first-order valence-electron chi connectivity index (χ1n) is 5.07. The van der Waals surface area contributed by atoms with Gasteiger partial charge in [0.2, 0.25) is 5.89 Å². The van der Waals surface area contributed by atoms with Crippen LogP contribution < -0.4 is 0 Å². The van der Waals surface area contributed by atoms with E-state index in [-0.39, 0.29) is 18.4 Å². The molecular weight excluding hydrogens is 368 g/mol. The van der Waals surface area contributed by atoms with Gasteiger partial charge in [0.25, 0.3) is 0 Å². The summed E-state index contributed by atoms with van der Waals surface area (Å²) in [6.45, 7) is 1.97. The molecule has 2 aromatic rings. The first kappa shape index (κ1) is 13.2. The molecule has 0 spiro atoms. The molecule has 0 radical (unpaired) electrons. The summed E-state index contributed by atoms with van der Waals surface area (Å²) in [6.07, 6.45) is 0.